The number of fused-ring (bicyclic) bond motifs is 1. The van der Waals surface area contributed by atoms with Crippen LogP contribution in [-0.2, 0) is 20.8 Å². The molecule has 1 aromatic rings. The van der Waals surface area contributed by atoms with Crippen LogP contribution >= 0.6 is 0 Å². The Labute approximate surface area is 254 Å². The van der Waals surface area contributed by atoms with E-state index in [4.69, 9.17) is 0 Å². The van der Waals surface area contributed by atoms with Gasteiger partial charge in [0.05, 0.1) is 18.1 Å². The number of amides is 4. The average Bonchev–Trinajstić information content (AvgIpc) is 3.73. The third-order valence-electron chi connectivity index (χ3n) is 9.74. The zero-order valence-corrected chi connectivity index (χ0v) is 25.4. The van der Waals surface area contributed by atoms with Crippen molar-refractivity contribution in [2.24, 2.45) is 5.92 Å². The number of rotatable bonds is 10. The second kappa shape index (κ2) is 13.6. The lowest BCUT2D eigenvalue weighted by molar-refractivity contribution is -0.143. The zero-order valence-electron chi connectivity index (χ0n) is 25.4. The number of carbonyl (C=O) groups excluding carboxylic acids is 3. The number of likely N-dealkylation sites (tertiary alicyclic amines) is 2. The van der Waals surface area contributed by atoms with Crippen LogP contribution < -0.4 is 10.6 Å². The molecular formula is C32H47N5O6. The third-order valence-corrected chi connectivity index (χ3v) is 9.74. The molecule has 0 radical (unpaired) electrons. The minimum atomic E-state index is -1.40. The second-order valence-electron chi connectivity index (χ2n) is 12.8. The van der Waals surface area contributed by atoms with E-state index in [0.717, 1.165) is 56.3 Å². The van der Waals surface area contributed by atoms with Gasteiger partial charge >= 0.3 is 6.09 Å². The van der Waals surface area contributed by atoms with Gasteiger partial charge in [0, 0.05) is 25.0 Å². The first-order chi connectivity index (χ1) is 20.7. The lowest BCUT2D eigenvalue weighted by Crippen LogP contribution is -2.57. The molecule has 0 aromatic heterocycles. The number of nitrogens with one attached hydrogen (secondary N) is 2. The quantitative estimate of drug-likeness (QED) is 0.324. The molecule has 4 amide bonds. The van der Waals surface area contributed by atoms with Gasteiger partial charge in [-0.15, -0.1) is 0 Å². The topological polar surface area (TPSA) is 143 Å². The van der Waals surface area contributed by atoms with Gasteiger partial charge in [-0.2, -0.15) is 0 Å². The Morgan fingerprint density at radius 1 is 1.02 bits per heavy atom. The fraction of sp³-hybridized carbons (Fsp3) is 0.688. The van der Waals surface area contributed by atoms with Gasteiger partial charge in [-0.3, -0.25) is 19.3 Å². The highest BCUT2D eigenvalue weighted by Crippen LogP contribution is 2.42. The van der Waals surface area contributed by atoms with Crippen molar-refractivity contribution in [3.05, 3.63) is 35.4 Å². The van der Waals surface area contributed by atoms with E-state index < -0.39 is 48.2 Å². The smallest absolute Gasteiger partial charge is 0.407 e. The van der Waals surface area contributed by atoms with Gasteiger partial charge in [0.15, 0.2) is 6.10 Å². The molecule has 0 spiro atoms. The first kappa shape index (κ1) is 31.3. The maximum absolute atomic E-state index is 14.1. The normalized spacial score (nSPS) is 26.3. The number of nitrogens with zero attached hydrogens (tertiary/aromatic N) is 3. The Kier molecular flexibility index (Phi) is 9.91. The molecule has 6 unspecified atom stereocenters. The fourth-order valence-electron chi connectivity index (χ4n) is 7.21. The Bertz CT molecular complexity index is 1180. The second-order valence-corrected chi connectivity index (χ2v) is 12.8. The van der Waals surface area contributed by atoms with E-state index in [2.05, 4.69) is 15.5 Å². The number of hydrogen-bond donors (Lipinski definition) is 4. The first-order valence-corrected chi connectivity index (χ1v) is 16.1. The summed E-state index contributed by atoms with van der Waals surface area (Å²) in [6.45, 7) is 6.06. The van der Waals surface area contributed by atoms with Crippen LogP contribution in [0, 0.1) is 5.92 Å². The largest absolute Gasteiger partial charge is 0.465 e. The summed E-state index contributed by atoms with van der Waals surface area (Å²) in [4.78, 5) is 58.4. The third kappa shape index (κ3) is 6.98. The van der Waals surface area contributed by atoms with Crippen molar-refractivity contribution in [2.45, 2.75) is 108 Å². The van der Waals surface area contributed by atoms with Crippen molar-refractivity contribution in [3.63, 3.8) is 0 Å². The number of carbonyl (C=O) groups is 4. The van der Waals surface area contributed by atoms with E-state index in [9.17, 15) is 29.4 Å². The van der Waals surface area contributed by atoms with Gasteiger partial charge in [-0.25, -0.2) is 4.79 Å². The molecule has 4 N–H and O–H groups in total. The Morgan fingerprint density at radius 3 is 2.42 bits per heavy atom. The van der Waals surface area contributed by atoms with Gasteiger partial charge in [0.2, 0.25) is 11.8 Å². The summed E-state index contributed by atoms with van der Waals surface area (Å²) in [7, 11) is 0. The molecule has 1 aliphatic carbocycles. The van der Waals surface area contributed by atoms with Crippen LogP contribution in [-0.4, -0.2) is 105 Å². The van der Waals surface area contributed by atoms with Crippen molar-refractivity contribution < 1.29 is 29.4 Å². The maximum atomic E-state index is 14.1. The molecule has 3 fully saturated rings. The van der Waals surface area contributed by atoms with Crippen LogP contribution in [0.3, 0.4) is 0 Å². The van der Waals surface area contributed by atoms with E-state index in [0.29, 0.717) is 25.8 Å². The van der Waals surface area contributed by atoms with E-state index in [1.54, 1.807) is 4.90 Å². The number of aliphatic hydroxyl groups excluding tert-OH is 1. The zero-order chi connectivity index (χ0) is 30.7. The monoisotopic (exact) mass is 597 g/mol. The molecule has 11 heteroatoms. The van der Waals surface area contributed by atoms with Crippen LogP contribution in [0.5, 0.6) is 0 Å². The number of aliphatic hydroxyl groups is 1. The molecule has 6 atom stereocenters. The van der Waals surface area contributed by atoms with Gasteiger partial charge < -0.3 is 30.6 Å². The Hall–Kier alpha value is -3.18. The molecule has 0 bridgehead atoms. The molecule has 236 valence electrons. The minimum absolute atomic E-state index is 0.0793. The summed E-state index contributed by atoms with van der Waals surface area (Å²) in [6.07, 6.45) is 4.50. The highest BCUT2D eigenvalue weighted by Gasteiger charge is 2.48. The summed E-state index contributed by atoms with van der Waals surface area (Å²) < 4.78 is 0. The van der Waals surface area contributed by atoms with Crippen molar-refractivity contribution in [1.82, 2.24) is 25.3 Å². The fourth-order valence-corrected chi connectivity index (χ4v) is 7.21. The van der Waals surface area contributed by atoms with Crippen molar-refractivity contribution in [3.8, 4) is 0 Å². The van der Waals surface area contributed by atoms with Crippen LogP contribution in [0.15, 0.2) is 24.3 Å². The summed E-state index contributed by atoms with van der Waals surface area (Å²) in [6, 6.07) is 5.38. The van der Waals surface area contributed by atoms with Gasteiger partial charge in [-0.1, -0.05) is 44.0 Å². The highest BCUT2D eigenvalue weighted by molar-refractivity contribution is 5.91. The highest BCUT2D eigenvalue weighted by atomic mass is 16.4. The van der Waals surface area contributed by atoms with E-state index >= 15 is 0 Å². The molecule has 5 rings (SSSR count). The first-order valence-electron chi connectivity index (χ1n) is 16.1. The molecule has 1 saturated carbocycles. The standard InChI is InChI=1S/C32H47N5O6/c1-3-9-25(28(38)30(40)33-23-12-13-23)34-29(39)26-18-22(19-37(26)31(41)20(2)35-15-7-4-8-16-35)27-24-11-6-5-10-21(24)14-17-36(27)32(42)43/h5-6,10-11,20,22-23,25-28,38H,3-4,7-9,12-19H2,1-2H3,(H,33,40)(H,34,39)(H,42,43). The SMILES string of the molecule is CCCC(NC(=O)C1CC(C2c3ccccc3CCN2C(=O)O)CN1C(=O)C(C)N1CCCCC1)C(O)C(=O)NC1CC1. The lowest BCUT2D eigenvalue weighted by atomic mass is 9.83. The maximum Gasteiger partial charge on any atom is 0.407 e. The average molecular weight is 598 g/mol. The Morgan fingerprint density at radius 2 is 1.74 bits per heavy atom. The molecule has 3 heterocycles. The Balaban J connectivity index is 1.41. The van der Waals surface area contributed by atoms with Crippen molar-refractivity contribution in [1.29, 1.82) is 0 Å². The van der Waals surface area contributed by atoms with E-state index in [1.165, 1.54) is 4.90 Å². The van der Waals surface area contributed by atoms with Crippen LogP contribution in [0.1, 0.15) is 82.4 Å². The molecule has 3 aliphatic heterocycles. The van der Waals surface area contributed by atoms with E-state index in [1.807, 2.05) is 38.1 Å². The molecular weight excluding hydrogens is 550 g/mol. The summed E-state index contributed by atoms with van der Waals surface area (Å²) in [5.41, 5.74) is 2.01. The number of benzene rings is 1. The summed E-state index contributed by atoms with van der Waals surface area (Å²) in [5, 5.41) is 26.8. The van der Waals surface area contributed by atoms with Crippen LogP contribution in [0.25, 0.3) is 0 Å². The van der Waals surface area contributed by atoms with Gasteiger partial charge in [0.25, 0.3) is 5.91 Å². The number of piperidine rings is 1. The molecule has 43 heavy (non-hydrogen) atoms. The predicted molar refractivity (Wildman–Crippen MR) is 160 cm³/mol. The minimum Gasteiger partial charge on any atom is -0.465 e. The van der Waals surface area contributed by atoms with Gasteiger partial charge in [0.1, 0.15) is 6.04 Å². The van der Waals surface area contributed by atoms with Crippen LogP contribution in [0.4, 0.5) is 4.79 Å². The van der Waals surface area contributed by atoms with Crippen molar-refractivity contribution >= 4 is 23.8 Å². The lowest BCUT2D eigenvalue weighted by Gasteiger charge is -2.39. The van der Waals surface area contributed by atoms with Crippen molar-refractivity contribution in [2.75, 3.05) is 26.2 Å². The van der Waals surface area contributed by atoms with E-state index in [-0.39, 0.29) is 30.8 Å². The number of hydrogen-bond acceptors (Lipinski definition) is 6. The molecule has 1 aromatic carbocycles. The number of carboxylic acid groups (broad SMARTS) is 1. The molecule has 4 aliphatic rings. The summed E-state index contributed by atoms with van der Waals surface area (Å²) in [5.74, 6) is -1.34. The summed E-state index contributed by atoms with van der Waals surface area (Å²) >= 11 is 0. The predicted octanol–water partition coefficient (Wildman–Crippen LogP) is 2.28. The molecule has 11 nitrogen and oxygen atoms in total. The van der Waals surface area contributed by atoms with Gasteiger partial charge in [-0.05, 0) is 76.1 Å². The molecule has 2 saturated heterocycles. The van der Waals surface area contributed by atoms with Crippen LogP contribution in [0.2, 0.25) is 0 Å².